The molecule has 7 heteroatoms. The number of hydrogen-bond acceptors (Lipinski definition) is 5. The Balaban J connectivity index is 1.59. The second-order valence-electron chi connectivity index (χ2n) is 7.68. The molecule has 0 radical (unpaired) electrons. The van der Waals surface area contributed by atoms with Gasteiger partial charge in [-0.05, 0) is 51.2 Å². The zero-order valence-electron chi connectivity index (χ0n) is 16.3. The van der Waals surface area contributed by atoms with Gasteiger partial charge in [-0.1, -0.05) is 23.9 Å². The molecular weight excluding hydrogens is 374 g/mol. The molecule has 2 saturated heterocycles. The van der Waals surface area contributed by atoms with Crippen LogP contribution in [0.4, 0.5) is 0 Å². The number of rotatable bonds is 5. The fourth-order valence-corrected chi connectivity index (χ4v) is 4.98. The average molecular weight is 402 g/mol. The Morgan fingerprint density at radius 2 is 2.11 bits per heavy atom. The van der Waals surface area contributed by atoms with Crippen LogP contribution in [0.3, 0.4) is 0 Å². The number of benzene rings is 1. The Morgan fingerprint density at radius 3 is 2.89 bits per heavy atom. The van der Waals surface area contributed by atoms with Gasteiger partial charge in [-0.3, -0.25) is 14.2 Å². The zero-order valence-corrected chi connectivity index (χ0v) is 17.1. The molecule has 0 bridgehead atoms. The molecule has 2 fully saturated rings. The monoisotopic (exact) mass is 401 g/mol. The van der Waals surface area contributed by atoms with E-state index in [4.69, 9.17) is 9.72 Å². The van der Waals surface area contributed by atoms with E-state index in [0.29, 0.717) is 34.4 Å². The number of likely N-dealkylation sites (tertiary alicyclic amines) is 1. The summed E-state index contributed by atoms with van der Waals surface area (Å²) >= 11 is 1.37. The summed E-state index contributed by atoms with van der Waals surface area (Å²) in [4.78, 5) is 32.5. The van der Waals surface area contributed by atoms with Crippen molar-refractivity contribution < 1.29 is 9.53 Å². The van der Waals surface area contributed by atoms with Crippen molar-refractivity contribution in [3.8, 4) is 0 Å². The molecule has 0 N–H and O–H groups in total. The lowest BCUT2D eigenvalue weighted by molar-refractivity contribution is -0.131. The van der Waals surface area contributed by atoms with E-state index in [1.807, 2.05) is 29.2 Å². The first-order valence-corrected chi connectivity index (χ1v) is 11.2. The van der Waals surface area contributed by atoms with Gasteiger partial charge in [0.25, 0.3) is 5.56 Å². The number of fused-ring (bicyclic) bond motifs is 1. The number of ether oxygens (including phenoxy) is 1. The predicted octanol–water partition coefficient (Wildman–Crippen LogP) is 3.07. The Kier molecular flexibility index (Phi) is 6.01. The van der Waals surface area contributed by atoms with Crippen LogP contribution in [0.15, 0.2) is 34.2 Å². The molecule has 6 nitrogen and oxygen atoms in total. The van der Waals surface area contributed by atoms with Gasteiger partial charge in [0.1, 0.15) is 0 Å². The van der Waals surface area contributed by atoms with E-state index in [1.54, 1.807) is 4.57 Å². The third-order valence-electron chi connectivity index (χ3n) is 5.68. The third-order valence-corrected chi connectivity index (χ3v) is 6.65. The molecule has 0 spiro atoms. The number of para-hydroxylation sites is 1. The van der Waals surface area contributed by atoms with Crippen LogP contribution in [0.1, 0.15) is 39.0 Å². The summed E-state index contributed by atoms with van der Waals surface area (Å²) < 4.78 is 7.45. The molecular formula is C21H27N3O3S. The lowest BCUT2D eigenvalue weighted by Gasteiger charge is -2.33. The van der Waals surface area contributed by atoms with Crippen molar-refractivity contribution in [2.75, 3.05) is 18.9 Å². The predicted molar refractivity (Wildman–Crippen MR) is 111 cm³/mol. The Hall–Kier alpha value is -1.86. The van der Waals surface area contributed by atoms with Crippen molar-refractivity contribution in [3.63, 3.8) is 0 Å². The van der Waals surface area contributed by atoms with Gasteiger partial charge in [0.15, 0.2) is 5.16 Å². The number of thioether (sulfide) groups is 1. The first-order valence-electron chi connectivity index (χ1n) is 10.2. The highest BCUT2D eigenvalue weighted by atomic mass is 32.2. The highest BCUT2D eigenvalue weighted by molar-refractivity contribution is 7.99. The number of hydrogen-bond donors (Lipinski definition) is 0. The third kappa shape index (κ3) is 4.10. The van der Waals surface area contributed by atoms with Gasteiger partial charge in [0.2, 0.25) is 5.91 Å². The summed E-state index contributed by atoms with van der Waals surface area (Å²) in [5, 5.41) is 1.22. The van der Waals surface area contributed by atoms with Gasteiger partial charge >= 0.3 is 0 Å². The Bertz CT molecular complexity index is 907. The van der Waals surface area contributed by atoms with Gasteiger partial charge in [0, 0.05) is 19.2 Å². The maximum atomic E-state index is 13.1. The molecule has 0 aliphatic carbocycles. The van der Waals surface area contributed by atoms with Crippen LogP contribution in [-0.2, 0) is 16.1 Å². The normalized spacial score (nSPS) is 22.7. The summed E-state index contributed by atoms with van der Waals surface area (Å²) in [5.41, 5.74) is 0.625. The van der Waals surface area contributed by atoms with E-state index in [0.717, 1.165) is 38.8 Å². The summed E-state index contributed by atoms with van der Waals surface area (Å²) in [6.45, 7) is 4.18. The molecule has 1 aromatic heterocycles. The SMILES string of the molecule is C[C@@H]1CCCCN1C(=O)CSc1nc2ccccc2c(=O)n1C[C@@H]1CCCO1. The molecule has 150 valence electrons. The topological polar surface area (TPSA) is 64.4 Å². The maximum absolute atomic E-state index is 13.1. The van der Waals surface area contributed by atoms with Gasteiger partial charge in [-0.15, -0.1) is 0 Å². The lowest BCUT2D eigenvalue weighted by atomic mass is 10.0. The maximum Gasteiger partial charge on any atom is 0.262 e. The van der Waals surface area contributed by atoms with Crippen LogP contribution in [0.5, 0.6) is 0 Å². The standard InChI is InChI=1S/C21H27N3O3S/c1-15-7-4-5-11-23(15)19(25)14-28-21-22-18-10-3-2-9-17(18)20(26)24(21)13-16-8-6-12-27-16/h2-3,9-10,15-16H,4-8,11-14H2,1H3/t15-,16+/m1/s1. The van der Waals surface area contributed by atoms with Crippen LogP contribution >= 0.6 is 11.8 Å². The molecule has 0 saturated carbocycles. The molecule has 2 aromatic rings. The number of piperidine rings is 1. The fraction of sp³-hybridized carbons (Fsp3) is 0.571. The molecule has 1 aromatic carbocycles. The van der Waals surface area contributed by atoms with Crippen LogP contribution in [0.25, 0.3) is 10.9 Å². The van der Waals surface area contributed by atoms with Gasteiger partial charge in [-0.25, -0.2) is 4.98 Å². The van der Waals surface area contributed by atoms with Crippen molar-refractivity contribution in [2.24, 2.45) is 0 Å². The summed E-state index contributed by atoms with van der Waals surface area (Å²) in [6.07, 6.45) is 5.33. The first kappa shape index (κ1) is 19.5. The van der Waals surface area contributed by atoms with Crippen LogP contribution in [-0.4, -0.2) is 51.4 Å². The first-order chi connectivity index (χ1) is 13.6. The van der Waals surface area contributed by atoms with Crippen molar-refractivity contribution in [2.45, 2.75) is 62.9 Å². The fourth-order valence-electron chi connectivity index (χ4n) is 4.09. The Morgan fingerprint density at radius 1 is 1.25 bits per heavy atom. The molecule has 0 unspecified atom stereocenters. The lowest BCUT2D eigenvalue weighted by Crippen LogP contribution is -2.43. The molecule has 28 heavy (non-hydrogen) atoms. The minimum absolute atomic E-state index is 0.0397. The van der Waals surface area contributed by atoms with E-state index in [1.165, 1.54) is 18.2 Å². The summed E-state index contributed by atoms with van der Waals surface area (Å²) in [6, 6.07) is 7.70. The largest absolute Gasteiger partial charge is 0.376 e. The van der Waals surface area contributed by atoms with Gasteiger partial charge in [0.05, 0.1) is 29.3 Å². The minimum Gasteiger partial charge on any atom is -0.376 e. The molecule has 2 aliphatic heterocycles. The number of aromatic nitrogens is 2. The number of amides is 1. The quantitative estimate of drug-likeness (QED) is 0.569. The zero-order chi connectivity index (χ0) is 19.5. The van der Waals surface area contributed by atoms with Crippen molar-refractivity contribution >= 4 is 28.6 Å². The van der Waals surface area contributed by atoms with Crippen molar-refractivity contribution in [3.05, 3.63) is 34.6 Å². The number of carbonyl (C=O) groups is 1. The summed E-state index contributed by atoms with van der Waals surface area (Å²) in [7, 11) is 0. The van der Waals surface area contributed by atoms with Crippen LogP contribution < -0.4 is 5.56 Å². The number of carbonyl (C=O) groups excluding carboxylic acids is 1. The van der Waals surface area contributed by atoms with E-state index in [9.17, 15) is 9.59 Å². The van der Waals surface area contributed by atoms with E-state index >= 15 is 0 Å². The average Bonchev–Trinajstić information content (AvgIpc) is 3.22. The van der Waals surface area contributed by atoms with Gasteiger partial charge in [-0.2, -0.15) is 0 Å². The molecule has 2 atom stereocenters. The molecule has 1 amide bonds. The highest BCUT2D eigenvalue weighted by Gasteiger charge is 2.25. The van der Waals surface area contributed by atoms with Crippen molar-refractivity contribution in [1.29, 1.82) is 0 Å². The van der Waals surface area contributed by atoms with Crippen molar-refractivity contribution in [1.82, 2.24) is 14.5 Å². The second-order valence-corrected chi connectivity index (χ2v) is 8.63. The van der Waals surface area contributed by atoms with Crippen LogP contribution in [0, 0.1) is 0 Å². The van der Waals surface area contributed by atoms with Crippen LogP contribution in [0.2, 0.25) is 0 Å². The number of nitrogens with zero attached hydrogens (tertiary/aromatic N) is 3. The Labute approximate surface area is 169 Å². The van der Waals surface area contributed by atoms with E-state index in [2.05, 4.69) is 6.92 Å². The molecule has 4 rings (SSSR count). The smallest absolute Gasteiger partial charge is 0.262 e. The minimum atomic E-state index is -0.0533. The van der Waals surface area contributed by atoms with Gasteiger partial charge < -0.3 is 9.64 Å². The highest BCUT2D eigenvalue weighted by Crippen LogP contribution is 2.23. The van der Waals surface area contributed by atoms with E-state index < -0.39 is 0 Å². The summed E-state index contributed by atoms with van der Waals surface area (Å²) in [5.74, 6) is 0.434. The van der Waals surface area contributed by atoms with E-state index in [-0.39, 0.29) is 17.6 Å². The second kappa shape index (κ2) is 8.66. The molecule has 3 heterocycles. The molecule has 2 aliphatic rings.